The van der Waals surface area contributed by atoms with E-state index in [2.05, 4.69) is 15.7 Å². The molecule has 1 fully saturated rings. The fraction of sp³-hybridized carbons (Fsp3) is 0.444. The molecule has 1 aliphatic rings. The molecule has 0 aliphatic carbocycles. The number of nitrogens with one attached hydrogen (secondary N) is 2. The first-order valence-electron chi connectivity index (χ1n) is 8.42. The third-order valence-corrected chi connectivity index (χ3v) is 4.43. The predicted octanol–water partition coefficient (Wildman–Crippen LogP) is 1.87. The number of para-hydroxylation sites is 1. The summed E-state index contributed by atoms with van der Waals surface area (Å²) in [6.45, 7) is 3.51. The van der Waals surface area contributed by atoms with Gasteiger partial charge in [0.15, 0.2) is 11.6 Å². The van der Waals surface area contributed by atoms with Crippen molar-refractivity contribution < 1.29 is 13.9 Å². The van der Waals surface area contributed by atoms with Crippen molar-refractivity contribution in [2.24, 2.45) is 13.0 Å². The number of carbonyl (C=O) groups excluding carboxylic acids is 1. The highest BCUT2D eigenvalue weighted by atomic mass is 35.5. The van der Waals surface area contributed by atoms with E-state index in [1.165, 1.54) is 6.07 Å². The Morgan fingerprint density at radius 2 is 2.23 bits per heavy atom. The summed E-state index contributed by atoms with van der Waals surface area (Å²) < 4.78 is 20.9. The maximum atomic E-state index is 13.6. The highest BCUT2D eigenvalue weighted by molar-refractivity contribution is 5.85. The number of carbonyl (C=O) groups is 1. The third kappa shape index (κ3) is 4.74. The van der Waals surface area contributed by atoms with E-state index in [0.29, 0.717) is 13.1 Å². The van der Waals surface area contributed by atoms with E-state index < -0.39 is 5.82 Å². The van der Waals surface area contributed by atoms with Crippen LogP contribution >= 0.6 is 12.4 Å². The Balaban J connectivity index is 0.00000243. The number of aromatic nitrogens is 2. The van der Waals surface area contributed by atoms with Gasteiger partial charge in [-0.2, -0.15) is 5.10 Å². The predicted molar refractivity (Wildman–Crippen MR) is 99.1 cm³/mol. The molecule has 8 heteroatoms. The zero-order chi connectivity index (χ0) is 17.8. The Morgan fingerprint density at radius 3 is 2.92 bits per heavy atom. The van der Waals surface area contributed by atoms with Crippen LogP contribution in [0.1, 0.15) is 18.4 Å². The Kier molecular flexibility index (Phi) is 6.99. The van der Waals surface area contributed by atoms with Crippen molar-refractivity contribution in [3.63, 3.8) is 0 Å². The zero-order valence-corrected chi connectivity index (χ0v) is 15.6. The molecule has 1 saturated heterocycles. The van der Waals surface area contributed by atoms with Crippen LogP contribution in [-0.2, 0) is 11.8 Å². The SMILES string of the molecule is CC(CNC(=O)[C@H]1CNC[C@@H]1c1cnn(C)c1)Oc1ccccc1F.Cl. The van der Waals surface area contributed by atoms with Crippen molar-refractivity contribution in [1.82, 2.24) is 20.4 Å². The summed E-state index contributed by atoms with van der Waals surface area (Å²) in [5.41, 5.74) is 1.06. The van der Waals surface area contributed by atoms with Gasteiger partial charge in [-0.1, -0.05) is 12.1 Å². The first kappa shape index (κ1) is 20.2. The quantitative estimate of drug-likeness (QED) is 0.800. The van der Waals surface area contributed by atoms with Crippen LogP contribution in [-0.4, -0.2) is 41.4 Å². The van der Waals surface area contributed by atoms with E-state index in [1.54, 1.807) is 29.8 Å². The maximum absolute atomic E-state index is 13.6. The van der Waals surface area contributed by atoms with Gasteiger partial charge in [-0.25, -0.2) is 4.39 Å². The molecule has 1 amide bonds. The van der Waals surface area contributed by atoms with Crippen LogP contribution in [0.5, 0.6) is 5.75 Å². The van der Waals surface area contributed by atoms with Crippen LogP contribution in [0.2, 0.25) is 0 Å². The van der Waals surface area contributed by atoms with Gasteiger partial charge in [0.05, 0.1) is 18.7 Å². The molecule has 6 nitrogen and oxygen atoms in total. The van der Waals surface area contributed by atoms with E-state index in [-0.39, 0.29) is 42.0 Å². The largest absolute Gasteiger partial charge is 0.486 e. The van der Waals surface area contributed by atoms with Crippen molar-refractivity contribution in [1.29, 1.82) is 0 Å². The third-order valence-electron chi connectivity index (χ3n) is 4.43. The highest BCUT2D eigenvalue weighted by Gasteiger charge is 2.34. The molecule has 2 N–H and O–H groups in total. The van der Waals surface area contributed by atoms with Crippen LogP contribution in [0.3, 0.4) is 0 Å². The number of nitrogens with zero attached hydrogens (tertiary/aromatic N) is 2. The Labute approximate surface area is 158 Å². The number of hydrogen-bond acceptors (Lipinski definition) is 4. The van der Waals surface area contributed by atoms with Gasteiger partial charge in [0.1, 0.15) is 6.10 Å². The average molecular weight is 383 g/mol. The first-order valence-corrected chi connectivity index (χ1v) is 8.42. The first-order chi connectivity index (χ1) is 12.0. The summed E-state index contributed by atoms with van der Waals surface area (Å²) >= 11 is 0. The molecule has 1 aliphatic heterocycles. The Morgan fingerprint density at radius 1 is 1.46 bits per heavy atom. The second-order valence-corrected chi connectivity index (χ2v) is 6.42. The number of halogens is 2. The van der Waals surface area contributed by atoms with Crippen LogP contribution in [0.4, 0.5) is 4.39 Å². The molecule has 0 saturated carbocycles. The molecule has 1 aromatic carbocycles. The highest BCUT2D eigenvalue weighted by Crippen LogP contribution is 2.27. The molecule has 3 atom stereocenters. The molecule has 2 aromatic rings. The second-order valence-electron chi connectivity index (χ2n) is 6.42. The van der Waals surface area contributed by atoms with Crippen molar-refractivity contribution in [2.45, 2.75) is 18.9 Å². The summed E-state index contributed by atoms with van der Waals surface area (Å²) in [7, 11) is 1.86. The minimum atomic E-state index is -0.405. The van der Waals surface area contributed by atoms with E-state index >= 15 is 0 Å². The van der Waals surface area contributed by atoms with Gasteiger partial charge in [0.2, 0.25) is 5.91 Å². The van der Waals surface area contributed by atoms with Crippen LogP contribution in [0.25, 0.3) is 0 Å². The molecule has 0 radical (unpaired) electrons. The fourth-order valence-electron chi connectivity index (χ4n) is 3.11. The van der Waals surface area contributed by atoms with Crippen molar-refractivity contribution in [3.8, 4) is 5.75 Å². The average Bonchev–Trinajstić information content (AvgIpc) is 3.23. The maximum Gasteiger partial charge on any atom is 0.225 e. The lowest BCUT2D eigenvalue weighted by atomic mass is 9.90. The summed E-state index contributed by atoms with van der Waals surface area (Å²) in [5.74, 6) is -0.276. The number of ether oxygens (including phenoxy) is 1. The molecule has 1 unspecified atom stereocenters. The minimum absolute atomic E-state index is 0. The lowest BCUT2D eigenvalue weighted by molar-refractivity contribution is -0.125. The molecule has 26 heavy (non-hydrogen) atoms. The van der Waals surface area contributed by atoms with Crippen molar-refractivity contribution in [3.05, 3.63) is 48.0 Å². The summed E-state index contributed by atoms with van der Waals surface area (Å²) in [6.07, 6.45) is 3.43. The number of hydrogen-bond donors (Lipinski definition) is 2. The Hall–Kier alpha value is -2.12. The van der Waals surface area contributed by atoms with Gasteiger partial charge in [-0.3, -0.25) is 9.48 Å². The fourth-order valence-corrected chi connectivity index (χ4v) is 3.11. The van der Waals surface area contributed by atoms with E-state index in [1.807, 2.05) is 19.4 Å². The summed E-state index contributed by atoms with van der Waals surface area (Å²) in [5, 5.41) is 10.4. The van der Waals surface area contributed by atoms with Gasteiger partial charge in [-0.15, -0.1) is 12.4 Å². The molecule has 1 aromatic heterocycles. The van der Waals surface area contributed by atoms with Crippen molar-refractivity contribution >= 4 is 18.3 Å². The Bertz CT molecular complexity index is 739. The second kappa shape index (κ2) is 9.00. The molecule has 142 valence electrons. The number of benzene rings is 1. The van der Waals surface area contributed by atoms with Gasteiger partial charge in [-0.05, 0) is 24.6 Å². The molecule has 0 bridgehead atoms. The van der Waals surface area contributed by atoms with E-state index in [0.717, 1.165) is 12.1 Å². The normalized spacial score (nSPS) is 20.3. The number of aryl methyl sites for hydroxylation is 1. The monoisotopic (exact) mass is 382 g/mol. The molecular formula is C18H24ClFN4O2. The minimum Gasteiger partial charge on any atom is -0.486 e. The molecular weight excluding hydrogens is 359 g/mol. The van der Waals surface area contributed by atoms with Gasteiger partial charge >= 0.3 is 0 Å². The molecule has 0 spiro atoms. The van der Waals surface area contributed by atoms with Crippen LogP contribution in [0, 0.1) is 11.7 Å². The summed E-state index contributed by atoms with van der Waals surface area (Å²) in [4.78, 5) is 12.6. The van der Waals surface area contributed by atoms with Crippen molar-refractivity contribution in [2.75, 3.05) is 19.6 Å². The smallest absolute Gasteiger partial charge is 0.225 e. The number of amides is 1. The van der Waals surface area contributed by atoms with Crippen LogP contribution in [0.15, 0.2) is 36.7 Å². The van der Waals surface area contributed by atoms with E-state index in [9.17, 15) is 9.18 Å². The summed E-state index contributed by atoms with van der Waals surface area (Å²) in [6, 6.07) is 6.25. The van der Waals surface area contributed by atoms with Gasteiger partial charge in [0.25, 0.3) is 0 Å². The molecule has 2 heterocycles. The van der Waals surface area contributed by atoms with Gasteiger partial charge in [0, 0.05) is 32.3 Å². The lowest BCUT2D eigenvalue weighted by Crippen LogP contribution is -2.39. The topological polar surface area (TPSA) is 68.2 Å². The number of rotatable bonds is 6. The van der Waals surface area contributed by atoms with Gasteiger partial charge < -0.3 is 15.4 Å². The lowest BCUT2D eigenvalue weighted by Gasteiger charge is -2.20. The van der Waals surface area contributed by atoms with E-state index in [4.69, 9.17) is 4.74 Å². The van der Waals surface area contributed by atoms with Crippen LogP contribution < -0.4 is 15.4 Å². The molecule has 3 rings (SSSR count). The standard InChI is InChI=1S/C18H23FN4O2.ClH/c1-12(25-17-6-4-3-5-16(17)19)7-21-18(24)15-10-20-9-14(15)13-8-22-23(2)11-13;/h3-6,8,11-12,14-15,20H,7,9-10H2,1-2H3,(H,21,24);1H/t12?,14-,15+;/m1./s1. The zero-order valence-electron chi connectivity index (χ0n) is 14.8.